The number of carbonyl (C=O) groups is 2. The lowest BCUT2D eigenvalue weighted by atomic mass is 10.4. The minimum absolute atomic E-state index is 0.0510. The molecule has 17 heavy (non-hydrogen) atoms. The summed E-state index contributed by atoms with van der Waals surface area (Å²) in [4.78, 5) is 24.1. The lowest BCUT2D eigenvalue weighted by molar-refractivity contribution is -0.159. The number of nitrogens with one attached hydrogen (secondary N) is 1. The zero-order valence-electron chi connectivity index (χ0n) is 9.30. The number of carbonyl (C=O) groups excluding carboxylic acids is 2. The highest BCUT2D eigenvalue weighted by Crippen LogP contribution is 2.17. The van der Waals surface area contributed by atoms with Gasteiger partial charge in [-0.3, -0.25) is 14.5 Å². The highest BCUT2D eigenvalue weighted by molar-refractivity contribution is 7.15. The van der Waals surface area contributed by atoms with Crippen molar-refractivity contribution in [1.29, 1.82) is 0 Å². The molecule has 0 saturated carbocycles. The van der Waals surface area contributed by atoms with Crippen LogP contribution in [-0.2, 0) is 20.9 Å². The van der Waals surface area contributed by atoms with Crippen LogP contribution in [0.3, 0.4) is 0 Å². The summed E-state index contributed by atoms with van der Waals surface area (Å²) in [7, 11) is 0. The molecule has 0 atom stereocenters. The van der Waals surface area contributed by atoms with Gasteiger partial charge in [-0.2, -0.15) is 0 Å². The van der Waals surface area contributed by atoms with E-state index in [1.165, 1.54) is 11.3 Å². The van der Waals surface area contributed by atoms with Crippen LogP contribution in [0.1, 0.15) is 11.9 Å². The number of anilines is 1. The van der Waals surface area contributed by atoms with Crippen molar-refractivity contribution >= 4 is 28.3 Å². The van der Waals surface area contributed by atoms with E-state index in [0.717, 1.165) is 11.4 Å². The van der Waals surface area contributed by atoms with E-state index in [2.05, 4.69) is 15.5 Å². The third kappa shape index (κ3) is 2.77. The molecular formula is C9H12N4O3S. The van der Waals surface area contributed by atoms with E-state index in [1.807, 2.05) is 6.92 Å². The van der Waals surface area contributed by atoms with E-state index in [1.54, 1.807) is 0 Å². The Balaban J connectivity index is 2.03. The summed E-state index contributed by atoms with van der Waals surface area (Å²) in [6, 6.07) is 0. The molecule has 1 aliphatic rings. The van der Waals surface area contributed by atoms with Crippen LogP contribution in [0.15, 0.2) is 0 Å². The summed E-state index contributed by atoms with van der Waals surface area (Å²) in [5.41, 5.74) is 0. The van der Waals surface area contributed by atoms with Gasteiger partial charge in [0.1, 0.15) is 18.2 Å². The highest BCUT2D eigenvalue weighted by Gasteiger charge is 2.27. The molecule has 1 fully saturated rings. The van der Waals surface area contributed by atoms with E-state index in [0.29, 0.717) is 10.1 Å². The molecule has 1 aromatic heterocycles. The molecule has 0 aromatic carbocycles. The molecule has 0 unspecified atom stereocenters. The van der Waals surface area contributed by atoms with Gasteiger partial charge in [-0.05, 0) is 6.92 Å². The number of aromatic nitrogens is 2. The molecule has 0 aliphatic carbocycles. The second kappa shape index (κ2) is 5.19. The van der Waals surface area contributed by atoms with E-state index < -0.39 is 0 Å². The van der Waals surface area contributed by atoms with Crippen molar-refractivity contribution in [3.63, 3.8) is 0 Å². The van der Waals surface area contributed by atoms with Crippen LogP contribution in [0.2, 0.25) is 0 Å². The molecule has 2 rings (SSSR count). The van der Waals surface area contributed by atoms with Gasteiger partial charge in [-0.1, -0.05) is 11.3 Å². The number of hydrogen-bond acceptors (Lipinski definition) is 7. The largest absolute Gasteiger partial charge is 0.362 e. The molecule has 0 spiro atoms. The smallest absolute Gasteiger partial charge is 0.255 e. The summed E-state index contributed by atoms with van der Waals surface area (Å²) in [5.74, 6) is -0.664. The number of ether oxygens (including phenoxy) is 1. The lowest BCUT2D eigenvalue weighted by Crippen LogP contribution is -2.45. The van der Waals surface area contributed by atoms with Gasteiger partial charge in [0.15, 0.2) is 0 Å². The third-order valence-corrected chi connectivity index (χ3v) is 3.01. The minimum Gasteiger partial charge on any atom is -0.362 e. The lowest BCUT2D eigenvalue weighted by Gasteiger charge is -2.23. The number of nitrogens with zero attached hydrogens (tertiary/aromatic N) is 3. The van der Waals surface area contributed by atoms with Crippen LogP contribution in [-0.4, -0.2) is 46.7 Å². The predicted molar refractivity (Wildman–Crippen MR) is 60.4 cm³/mol. The van der Waals surface area contributed by atoms with Crippen molar-refractivity contribution < 1.29 is 14.3 Å². The summed E-state index contributed by atoms with van der Waals surface area (Å²) in [6.45, 7) is 2.78. The predicted octanol–water partition coefficient (Wildman–Crippen LogP) is -0.145. The number of rotatable bonds is 4. The first-order valence-electron chi connectivity index (χ1n) is 5.18. The maximum atomic E-state index is 11.5. The van der Waals surface area contributed by atoms with Crippen LogP contribution in [0.25, 0.3) is 0 Å². The Morgan fingerprint density at radius 3 is 2.71 bits per heavy atom. The molecule has 8 heteroatoms. The third-order valence-electron chi connectivity index (χ3n) is 2.14. The fourth-order valence-electron chi connectivity index (χ4n) is 1.37. The second-order valence-electron chi connectivity index (χ2n) is 3.40. The van der Waals surface area contributed by atoms with Gasteiger partial charge in [-0.15, -0.1) is 10.2 Å². The monoisotopic (exact) mass is 256 g/mol. The topological polar surface area (TPSA) is 84.4 Å². The van der Waals surface area contributed by atoms with Crippen molar-refractivity contribution in [3.8, 4) is 0 Å². The molecule has 2 heterocycles. The van der Waals surface area contributed by atoms with Gasteiger partial charge in [0.2, 0.25) is 5.13 Å². The average Bonchev–Trinajstić information content (AvgIpc) is 2.72. The van der Waals surface area contributed by atoms with Crippen molar-refractivity contribution in [2.45, 2.75) is 13.5 Å². The maximum absolute atomic E-state index is 11.5. The van der Waals surface area contributed by atoms with Gasteiger partial charge in [0.05, 0.1) is 6.54 Å². The summed E-state index contributed by atoms with van der Waals surface area (Å²) < 4.78 is 4.82. The molecule has 7 nitrogen and oxygen atoms in total. The van der Waals surface area contributed by atoms with E-state index in [4.69, 9.17) is 4.74 Å². The van der Waals surface area contributed by atoms with Gasteiger partial charge < -0.3 is 10.1 Å². The molecule has 2 amide bonds. The van der Waals surface area contributed by atoms with E-state index in [-0.39, 0.29) is 31.6 Å². The molecular weight excluding hydrogens is 244 g/mol. The molecule has 1 aromatic rings. The molecule has 1 saturated heterocycles. The maximum Gasteiger partial charge on any atom is 0.255 e. The zero-order valence-corrected chi connectivity index (χ0v) is 10.1. The first-order chi connectivity index (χ1) is 8.20. The highest BCUT2D eigenvalue weighted by atomic mass is 32.1. The van der Waals surface area contributed by atoms with Crippen LogP contribution < -0.4 is 5.32 Å². The Morgan fingerprint density at radius 1 is 1.35 bits per heavy atom. The molecule has 0 radical (unpaired) electrons. The number of morpholine rings is 1. The number of amides is 2. The van der Waals surface area contributed by atoms with Crippen LogP contribution in [0.5, 0.6) is 0 Å². The first kappa shape index (κ1) is 11.9. The van der Waals surface area contributed by atoms with Crippen molar-refractivity contribution in [2.24, 2.45) is 0 Å². The van der Waals surface area contributed by atoms with E-state index in [9.17, 15) is 9.59 Å². The Labute approximate surface area is 102 Å². The van der Waals surface area contributed by atoms with Gasteiger partial charge in [0.25, 0.3) is 11.8 Å². The zero-order chi connectivity index (χ0) is 12.3. The SMILES string of the molecule is CCNc1nnc(CN2C(=O)COCC2=O)s1. The quantitative estimate of drug-likeness (QED) is 0.754. The van der Waals surface area contributed by atoms with Crippen molar-refractivity contribution in [1.82, 2.24) is 15.1 Å². The van der Waals surface area contributed by atoms with Gasteiger partial charge in [-0.25, -0.2) is 0 Å². The van der Waals surface area contributed by atoms with Crippen LogP contribution in [0.4, 0.5) is 5.13 Å². The van der Waals surface area contributed by atoms with Crippen molar-refractivity contribution in [3.05, 3.63) is 5.01 Å². The van der Waals surface area contributed by atoms with Gasteiger partial charge >= 0.3 is 0 Å². The Bertz CT molecular complexity index is 418. The summed E-state index contributed by atoms with van der Waals surface area (Å²) in [6.07, 6.45) is 0. The summed E-state index contributed by atoms with van der Waals surface area (Å²) in [5, 5.41) is 12.2. The minimum atomic E-state index is -0.332. The van der Waals surface area contributed by atoms with Crippen LogP contribution >= 0.6 is 11.3 Å². The standard InChI is InChI=1S/C9H12N4O3S/c1-2-10-9-12-11-6(17-9)3-13-7(14)4-16-5-8(13)15/h2-5H2,1H3,(H,10,12). The number of imide groups is 1. The Hall–Kier alpha value is -1.54. The average molecular weight is 256 g/mol. The summed E-state index contributed by atoms with van der Waals surface area (Å²) >= 11 is 1.33. The number of hydrogen-bond donors (Lipinski definition) is 1. The van der Waals surface area contributed by atoms with Crippen molar-refractivity contribution in [2.75, 3.05) is 25.1 Å². The molecule has 1 N–H and O–H groups in total. The van der Waals surface area contributed by atoms with Gasteiger partial charge in [0, 0.05) is 6.54 Å². The molecule has 92 valence electrons. The first-order valence-corrected chi connectivity index (χ1v) is 5.99. The van der Waals surface area contributed by atoms with Crippen LogP contribution in [0, 0.1) is 0 Å². The Morgan fingerprint density at radius 2 is 2.06 bits per heavy atom. The molecule has 0 bridgehead atoms. The van der Waals surface area contributed by atoms with E-state index >= 15 is 0 Å². The molecule has 1 aliphatic heterocycles. The Kier molecular flexibility index (Phi) is 3.64. The normalized spacial score (nSPS) is 16.4. The second-order valence-corrected chi connectivity index (χ2v) is 4.46. The fourth-order valence-corrected chi connectivity index (χ4v) is 2.17. The fraction of sp³-hybridized carbons (Fsp3) is 0.556.